The number of nitrogens with zero attached hydrogens (tertiary/aromatic N) is 2. The van der Waals surface area contributed by atoms with Crippen LogP contribution in [-0.4, -0.2) is 49.3 Å². The van der Waals surface area contributed by atoms with Crippen LogP contribution in [0.4, 0.5) is 0 Å². The monoisotopic (exact) mass is 214 g/mol. The van der Waals surface area contributed by atoms with Gasteiger partial charge in [-0.3, -0.25) is 4.79 Å². The van der Waals surface area contributed by atoms with E-state index in [1.807, 2.05) is 6.07 Å². The van der Waals surface area contributed by atoms with E-state index in [2.05, 4.69) is 0 Å². The van der Waals surface area contributed by atoms with Crippen LogP contribution in [0.2, 0.25) is 0 Å². The van der Waals surface area contributed by atoms with Crippen molar-refractivity contribution >= 4 is 5.91 Å². The minimum Gasteiger partial charge on any atom is -0.389 e. The Bertz CT molecular complexity index is 237. The molecule has 2 atom stereocenters. The van der Waals surface area contributed by atoms with Gasteiger partial charge in [0, 0.05) is 20.7 Å². The van der Waals surface area contributed by atoms with Gasteiger partial charge in [0.1, 0.15) is 5.92 Å². The van der Waals surface area contributed by atoms with Gasteiger partial charge in [0.25, 0.3) is 0 Å². The molecule has 0 radical (unpaired) electrons. The lowest BCUT2D eigenvalue weighted by atomic mass is 10.1. The van der Waals surface area contributed by atoms with Crippen molar-refractivity contribution in [1.82, 2.24) is 4.90 Å². The summed E-state index contributed by atoms with van der Waals surface area (Å²) in [6.45, 7) is 2.15. The van der Waals surface area contributed by atoms with Gasteiger partial charge in [-0.15, -0.1) is 0 Å². The molecule has 0 aromatic rings. The number of rotatable bonds is 6. The quantitative estimate of drug-likeness (QED) is 0.675. The first-order chi connectivity index (χ1) is 7.06. The van der Waals surface area contributed by atoms with Crippen molar-refractivity contribution in [3.63, 3.8) is 0 Å². The summed E-state index contributed by atoms with van der Waals surface area (Å²) in [6.07, 6.45) is -0.222. The highest BCUT2D eigenvalue weighted by molar-refractivity contribution is 5.80. The van der Waals surface area contributed by atoms with E-state index < -0.39 is 12.0 Å². The van der Waals surface area contributed by atoms with Gasteiger partial charge in [-0.2, -0.15) is 5.26 Å². The van der Waals surface area contributed by atoms with Crippen LogP contribution in [0.5, 0.6) is 0 Å². The van der Waals surface area contributed by atoms with Crippen LogP contribution in [0.3, 0.4) is 0 Å². The molecule has 0 spiro atoms. The molecule has 0 aromatic heterocycles. The fourth-order valence-electron chi connectivity index (χ4n) is 1.24. The van der Waals surface area contributed by atoms with E-state index in [1.165, 1.54) is 12.0 Å². The fraction of sp³-hybridized carbons (Fsp3) is 0.800. The summed E-state index contributed by atoms with van der Waals surface area (Å²) in [5, 5.41) is 18.1. The molecule has 0 heterocycles. The smallest absolute Gasteiger partial charge is 0.239 e. The summed E-state index contributed by atoms with van der Waals surface area (Å²) in [4.78, 5) is 13.0. The molecule has 5 nitrogen and oxygen atoms in total. The summed E-state index contributed by atoms with van der Waals surface area (Å²) in [6, 6.07) is 1.93. The molecule has 0 aliphatic heterocycles. The second-order valence-electron chi connectivity index (χ2n) is 3.42. The molecule has 0 rings (SSSR count). The normalized spacial score (nSPS) is 14.1. The summed E-state index contributed by atoms with van der Waals surface area (Å²) >= 11 is 0. The number of ether oxygens (including phenoxy) is 1. The second kappa shape index (κ2) is 7.21. The van der Waals surface area contributed by atoms with Gasteiger partial charge in [0.05, 0.1) is 18.8 Å². The van der Waals surface area contributed by atoms with Crippen molar-refractivity contribution in [3.8, 4) is 6.07 Å². The largest absolute Gasteiger partial charge is 0.389 e. The van der Waals surface area contributed by atoms with Gasteiger partial charge >= 0.3 is 0 Å². The van der Waals surface area contributed by atoms with E-state index in [9.17, 15) is 9.90 Å². The summed E-state index contributed by atoms with van der Waals surface area (Å²) in [5.74, 6) is -0.875. The van der Waals surface area contributed by atoms with E-state index in [-0.39, 0.29) is 19.1 Å². The summed E-state index contributed by atoms with van der Waals surface area (Å²) < 4.78 is 4.74. The van der Waals surface area contributed by atoms with Crippen LogP contribution in [0.25, 0.3) is 0 Å². The van der Waals surface area contributed by atoms with Crippen LogP contribution in [0, 0.1) is 17.2 Å². The van der Waals surface area contributed by atoms with Gasteiger partial charge in [-0.05, 0) is 6.42 Å². The van der Waals surface area contributed by atoms with Crippen LogP contribution in [-0.2, 0) is 9.53 Å². The van der Waals surface area contributed by atoms with E-state index in [0.717, 1.165) is 0 Å². The molecular weight excluding hydrogens is 196 g/mol. The molecule has 0 aliphatic carbocycles. The highest BCUT2D eigenvalue weighted by Crippen LogP contribution is 2.05. The number of carbonyl (C=O) groups is 1. The molecule has 0 saturated heterocycles. The molecule has 0 saturated carbocycles. The highest BCUT2D eigenvalue weighted by Gasteiger charge is 2.21. The number of hydrogen-bond donors (Lipinski definition) is 1. The first-order valence-electron chi connectivity index (χ1n) is 4.88. The SMILES string of the molecule is CCC(C#N)C(=O)N(C)CC(O)COC. The topological polar surface area (TPSA) is 73.6 Å². The third-order valence-corrected chi connectivity index (χ3v) is 2.08. The van der Waals surface area contributed by atoms with E-state index in [0.29, 0.717) is 6.42 Å². The molecule has 15 heavy (non-hydrogen) atoms. The molecular formula is C10H18N2O3. The van der Waals surface area contributed by atoms with Gasteiger partial charge in [-0.25, -0.2) is 0 Å². The molecule has 0 bridgehead atoms. The first-order valence-corrected chi connectivity index (χ1v) is 4.88. The van der Waals surface area contributed by atoms with E-state index >= 15 is 0 Å². The third-order valence-electron chi connectivity index (χ3n) is 2.08. The van der Waals surface area contributed by atoms with E-state index in [1.54, 1.807) is 14.0 Å². The predicted molar refractivity (Wildman–Crippen MR) is 54.9 cm³/mol. The zero-order valence-corrected chi connectivity index (χ0v) is 9.43. The van der Waals surface area contributed by atoms with Gasteiger partial charge in [0.2, 0.25) is 5.91 Å². The van der Waals surface area contributed by atoms with Crippen LogP contribution < -0.4 is 0 Å². The number of aliphatic hydroxyl groups excluding tert-OH is 1. The molecule has 1 N–H and O–H groups in total. The predicted octanol–water partition coefficient (Wildman–Crippen LogP) is 0.00188. The average molecular weight is 214 g/mol. The van der Waals surface area contributed by atoms with Crippen LogP contribution >= 0.6 is 0 Å². The highest BCUT2D eigenvalue weighted by atomic mass is 16.5. The molecule has 0 aromatic carbocycles. The van der Waals surface area contributed by atoms with Crippen LogP contribution in [0.15, 0.2) is 0 Å². The number of nitriles is 1. The zero-order chi connectivity index (χ0) is 11.8. The van der Waals surface area contributed by atoms with Crippen molar-refractivity contribution in [2.75, 3.05) is 27.3 Å². The van der Waals surface area contributed by atoms with E-state index in [4.69, 9.17) is 10.00 Å². The maximum Gasteiger partial charge on any atom is 0.239 e. The number of aliphatic hydroxyl groups is 1. The summed E-state index contributed by atoms with van der Waals surface area (Å²) in [5.41, 5.74) is 0. The molecule has 1 amide bonds. The maximum absolute atomic E-state index is 11.6. The lowest BCUT2D eigenvalue weighted by molar-refractivity contribution is -0.134. The Morgan fingerprint density at radius 2 is 2.27 bits per heavy atom. The number of methoxy groups -OCH3 is 1. The minimum atomic E-state index is -0.708. The minimum absolute atomic E-state index is 0.182. The Labute approximate surface area is 90.2 Å². The number of likely N-dealkylation sites (N-methyl/N-ethyl adjacent to an activating group) is 1. The van der Waals surface area contributed by atoms with Gasteiger partial charge in [0.15, 0.2) is 0 Å². The number of hydrogen-bond acceptors (Lipinski definition) is 4. The Morgan fingerprint density at radius 1 is 1.67 bits per heavy atom. The van der Waals surface area contributed by atoms with Crippen molar-refractivity contribution in [2.24, 2.45) is 5.92 Å². The van der Waals surface area contributed by atoms with Crippen LogP contribution in [0.1, 0.15) is 13.3 Å². The second-order valence-corrected chi connectivity index (χ2v) is 3.42. The fourth-order valence-corrected chi connectivity index (χ4v) is 1.24. The Hall–Kier alpha value is -1.12. The molecule has 2 unspecified atom stereocenters. The number of carbonyl (C=O) groups excluding carboxylic acids is 1. The maximum atomic E-state index is 11.6. The van der Waals surface area contributed by atoms with Crippen molar-refractivity contribution < 1.29 is 14.6 Å². The zero-order valence-electron chi connectivity index (χ0n) is 9.43. The van der Waals surface area contributed by atoms with Crippen molar-refractivity contribution in [1.29, 1.82) is 5.26 Å². The van der Waals surface area contributed by atoms with Gasteiger partial charge in [-0.1, -0.05) is 6.92 Å². The summed E-state index contributed by atoms with van der Waals surface area (Å²) in [7, 11) is 3.05. The Kier molecular flexibility index (Phi) is 6.67. The first kappa shape index (κ1) is 13.9. The molecule has 86 valence electrons. The molecule has 5 heteroatoms. The van der Waals surface area contributed by atoms with Crippen molar-refractivity contribution in [3.05, 3.63) is 0 Å². The Morgan fingerprint density at radius 3 is 2.67 bits per heavy atom. The third kappa shape index (κ3) is 4.77. The Balaban J connectivity index is 4.15. The molecule has 0 aliphatic rings. The number of amides is 1. The lowest BCUT2D eigenvalue weighted by Crippen LogP contribution is -2.39. The standard InChI is InChI=1S/C10H18N2O3/c1-4-8(5-11)10(14)12(2)6-9(13)7-15-3/h8-9,13H,4,6-7H2,1-3H3. The molecule has 0 fully saturated rings. The average Bonchev–Trinajstić information content (AvgIpc) is 2.19. The lowest BCUT2D eigenvalue weighted by Gasteiger charge is -2.22. The van der Waals surface area contributed by atoms with Gasteiger partial charge < -0.3 is 14.7 Å². The van der Waals surface area contributed by atoms with Crippen molar-refractivity contribution in [2.45, 2.75) is 19.4 Å².